The Morgan fingerprint density at radius 3 is 2.94 bits per heavy atom. The van der Waals surface area contributed by atoms with Crippen LogP contribution < -0.4 is 10.5 Å². The fourth-order valence-corrected chi connectivity index (χ4v) is 1.39. The number of hydrogen-bond acceptors (Lipinski definition) is 4. The van der Waals surface area contributed by atoms with Gasteiger partial charge in [-0.25, -0.2) is 0 Å². The number of hydrogen-bond donors (Lipinski definition) is 2. The van der Waals surface area contributed by atoms with E-state index in [1.165, 1.54) is 0 Å². The number of rotatable bonds is 8. The molecular formula is C13H19NO4. The molecule has 0 aliphatic rings. The first-order valence-electron chi connectivity index (χ1n) is 5.92. The van der Waals surface area contributed by atoms with Crippen molar-refractivity contribution >= 4 is 5.91 Å². The minimum absolute atomic E-state index is 0.307. The summed E-state index contributed by atoms with van der Waals surface area (Å²) in [7, 11) is 0. The smallest absolute Gasteiger partial charge is 0.248 e. The fourth-order valence-electron chi connectivity index (χ4n) is 1.39. The van der Waals surface area contributed by atoms with E-state index in [0.29, 0.717) is 37.6 Å². The molecule has 0 fully saturated rings. The van der Waals surface area contributed by atoms with Gasteiger partial charge in [-0.1, -0.05) is 6.07 Å². The van der Waals surface area contributed by atoms with Crippen LogP contribution in [0.3, 0.4) is 0 Å². The Bertz CT molecular complexity index is 381. The molecule has 100 valence electrons. The lowest BCUT2D eigenvalue weighted by molar-refractivity contribution is 0.0310. The predicted molar refractivity (Wildman–Crippen MR) is 67.6 cm³/mol. The van der Waals surface area contributed by atoms with Crippen molar-refractivity contribution in [2.45, 2.75) is 19.4 Å². The van der Waals surface area contributed by atoms with Gasteiger partial charge in [-0.2, -0.15) is 0 Å². The molecule has 0 bridgehead atoms. The lowest BCUT2D eigenvalue weighted by Crippen LogP contribution is -2.18. The number of ether oxygens (including phenoxy) is 2. The van der Waals surface area contributed by atoms with E-state index >= 15 is 0 Å². The van der Waals surface area contributed by atoms with Crippen molar-refractivity contribution in [2.24, 2.45) is 5.73 Å². The van der Waals surface area contributed by atoms with E-state index < -0.39 is 12.0 Å². The van der Waals surface area contributed by atoms with Gasteiger partial charge in [0.1, 0.15) is 5.75 Å². The minimum atomic E-state index is -0.538. The summed E-state index contributed by atoms with van der Waals surface area (Å²) in [6.07, 6.45) is -0.0647. The fraction of sp³-hybridized carbons (Fsp3) is 0.462. The lowest BCUT2D eigenvalue weighted by Gasteiger charge is -2.11. The van der Waals surface area contributed by atoms with Crippen LogP contribution in [0.1, 0.15) is 23.7 Å². The molecular weight excluding hydrogens is 234 g/mol. The van der Waals surface area contributed by atoms with Gasteiger partial charge in [-0.05, 0) is 25.1 Å². The Balaban J connectivity index is 2.35. The molecule has 1 rings (SSSR count). The number of nitrogens with two attached hydrogens (primary N) is 1. The van der Waals surface area contributed by atoms with Gasteiger partial charge in [-0.3, -0.25) is 4.79 Å². The first-order valence-corrected chi connectivity index (χ1v) is 5.92. The summed E-state index contributed by atoms with van der Waals surface area (Å²) < 4.78 is 10.5. The van der Waals surface area contributed by atoms with Gasteiger partial charge in [0.2, 0.25) is 5.91 Å². The number of aliphatic hydroxyl groups is 1. The van der Waals surface area contributed by atoms with Crippen molar-refractivity contribution in [2.75, 3.05) is 19.8 Å². The molecule has 0 heterocycles. The van der Waals surface area contributed by atoms with E-state index in [9.17, 15) is 9.90 Å². The predicted octanol–water partition coefficient (Wildman–Crippen LogP) is 0.952. The van der Waals surface area contributed by atoms with E-state index in [4.69, 9.17) is 15.2 Å². The molecule has 5 heteroatoms. The maximum atomic E-state index is 11.0. The van der Waals surface area contributed by atoms with E-state index in [1.807, 2.05) is 6.92 Å². The lowest BCUT2D eigenvalue weighted by atomic mass is 10.2. The molecule has 0 aliphatic heterocycles. The van der Waals surface area contributed by atoms with Gasteiger partial charge in [0.25, 0.3) is 0 Å². The summed E-state index contributed by atoms with van der Waals surface area (Å²) in [6, 6.07) is 6.64. The van der Waals surface area contributed by atoms with Crippen molar-refractivity contribution in [3.05, 3.63) is 29.8 Å². The Labute approximate surface area is 107 Å². The summed E-state index contributed by atoms with van der Waals surface area (Å²) in [4.78, 5) is 11.0. The molecule has 1 aromatic carbocycles. The van der Waals surface area contributed by atoms with Crippen molar-refractivity contribution < 1.29 is 19.4 Å². The van der Waals surface area contributed by atoms with Gasteiger partial charge < -0.3 is 20.3 Å². The number of amides is 1. The zero-order chi connectivity index (χ0) is 13.4. The molecule has 5 nitrogen and oxygen atoms in total. The highest BCUT2D eigenvalue weighted by atomic mass is 16.5. The molecule has 1 unspecified atom stereocenters. The summed E-state index contributed by atoms with van der Waals surface area (Å²) in [6.45, 7) is 3.12. The Hall–Kier alpha value is -1.59. The van der Waals surface area contributed by atoms with Gasteiger partial charge in [0, 0.05) is 18.6 Å². The SMILES string of the molecule is CCOCC(O)CCOc1cccc(C(N)=O)c1. The number of primary amides is 1. The Morgan fingerprint density at radius 1 is 1.50 bits per heavy atom. The maximum Gasteiger partial charge on any atom is 0.248 e. The normalized spacial score (nSPS) is 12.1. The van der Waals surface area contributed by atoms with E-state index in [-0.39, 0.29) is 0 Å². The van der Waals surface area contributed by atoms with Gasteiger partial charge in [0.05, 0.1) is 19.3 Å². The molecule has 0 spiro atoms. The zero-order valence-electron chi connectivity index (χ0n) is 10.5. The largest absolute Gasteiger partial charge is 0.493 e. The van der Waals surface area contributed by atoms with Crippen LogP contribution in [-0.4, -0.2) is 36.9 Å². The molecule has 0 aromatic heterocycles. The average molecular weight is 253 g/mol. The summed E-state index contributed by atoms with van der Waals surface area (Å²) >= 11 is 0. The second-order valence-electron chi connectivity index (χ2n) is 3.84. The quantitative estimate of drug-likeness (QED) is 0.722. The van der Waals surface area contributed by atoms with Gasteiger partial charge in [0.15, 0.2) is 0 Å². The van der Waals surface area contributed by atoms with Gasteiger partial charge in [-0.15, -0.1) is 0 Å². The first kappa shape index (κ1) is 14.5. The topological polar surface area (TPSA) is 81.8 Å². The molecule has 1 amide bonds. The second kappa shape index (κ2) is 7.68. The van der Waals surface area contributed by atoms with Crippen LogP contribution in [0.4, 0.5) is 0 Å². The molecule has 0 saturated heterocycles. The first-order chi connectivity index (χ1) is 8.63. The Kier molecular flexibility index (Phi) is 6.18. The number of carbonyl (C=O) groups is 1. The molecule has 1 atom stereocenters. The standard InChI is InChI=1S/C13H19NO4/c1-2-17-9-11(15)6-7-18-12-5-3-4-10(8-12)13(14)16/h3-5,8,11,15H,2,6-7,9H2,1H3,(H2,14,16). The van der Waals surface area contributed by atoms with Crippen LogP contribution in [0.25, 0.3) is 0 Å². The highest BCUT2D eigenvalue weighted by Gasteiger charge is 2.05. The van der Waals surface area contributed by atoms with E-state index in [0.717, 1.165) is 0 Å². The van der Waals surface area contributed by atoms with Crippen LogP contribution in [0.2, 0.25) is 0 Å². The van der Waals surface area contributed by atoms with Crippen LogP contribution in [0.5, 0.6) is 5.75 Å². The highest BCUT2D eigenvalue weighted by molar-refractivity contribution is 5.93. The number of carbonyl (C=O) groups excluding carboxylic acids is 1. The summed E-state index contributed by atoms with van der Waals surface area (Å²) in [5.74, 6) is 0.0757. The molecule has 1 aromatic rings. The van der Waals surface area contributed by atoms with Crippen molar-refractivity contribution in [1.29, 1.82) is 0 Å². The zero-order valence-corrected chi connectivity index (χ0v) is 10.5. The van der Waals surface area contributed by atoms with E-state index in [2.05, 4.69) is 0 Å². The minimum Gasteiger partial charge on any atom is -0.493 e. The molecule has 18 heavy (non-hydrogen) atoms. The van der Waals surface area contributed by atoms with E-state index in [1.54, 1.807) is 24.3 Å². The molecule has 0 aliphatic carbocycles. The highest BCUT2D eigenvalue weighted by Crippen LogP contribution is 2.13. The van der Waals surface area contributed by atoms with Crippen LogP contribution in [0.15, 0.2) is 24.3 Å². The number of aliphatic hydroxyl groups excluding tert-OH is 1. The second-order valence-corrected chi connectivity index (χ2v) is 3.84. The van der Waals surface area contributed by atoms with Crippen LogP contribution in [-0.2, 0) is 4.74 Å². The van der Waals surface area contributed by atoms with Crippen molar-refractivity contribution in [3.8, 4) is 5.75 Å². The van der Waals surface area contributed by atoms with Crippen molar-refractivity contribution in [3.63, 3.8) is 0 Å². The molecule has 0 saturated carbocycles. The third kappa shape index (κ3) is 5.16. The average Bonchev–Trinajstić information content (AvgIpc) is 2.36. The van der Waals surface area contributed by atoms with Crippen LogP contribution in [0, 0.1) is 0 Å². The maximum absolute atomic E-state index is 11.0. The summed E-state index contributed by atoms with van der Waals surface area (Å²) in [5.41, 5.74) is 5.57. The van der Waals surface area contributed by atoms with Gasteiger partial charge >= 0.3 is 0 Å². The Morgan fingerprint density at radius 2 is 2.28 bits per heavy atom. The summed E-state index contributed by atoms with van der Waals surface area (Å²) in [5, 5.41) is 9.52. The monoisotopic (exact) mass is 253 g/mol. The third-order valence-corrected chi connectivity index (χ3v) is 2.35. The molecule has 3 N–H and O–H groups in total. The van der Waals surface area contributed by atoms with Crippen LogP contribution >= 0.6 is 0 Å². The number of benzene rings is 1. The third-order valence-electron chi connectivity index (χ3n) is 2.35. The molecule has 0 radical (unpaired) electrons. The van der Waals surface area contributed by atoms with Crippen molar-refractivity contribution in [1.82, 2.24) is 0 Å².